The van der Waals surface area contributed by atoms with Crippen LogP contribution >= 0.6 is 0 Å². The maximum absolute atomic E-state index is 13.7. The van der Waals surface area contributed by atoms with Crippen LogP contribution in [0, 0.1) is 17.8 Å². The number of nitrogens with one attached hydrogen (secondary N) is 3. The molecule has 0 aromatic carbocycles. The fourth-order valence-electron chi connectivity index (χ4n) is 5.52. The van der Waals surface area contributed by atoms with E-state index in [0.717, 1.165) is 0 Å². The lowest BCUT2D eigenvalue weighted by atomic mass is 9.96. The monoisotopic (exact) mass is 608 g/mol. The molecular weight excluding hydrogens is 556 g/mol. The Labute approximate surface area is 255 Å². The fourth-order valence-corrected chi connectivity index (χ4v) is 5.52. The van der Waals surface area contributed by atoms with Crippen molar-refractivity contribution in [2.75, 3.05) is 13.1 Å². The number of rotatable bonds is 14. The molecule has 8 atom stereocenters. The zero-order valence-corrected chi connectivity index (χ0v) is 26.7. The van der Waals surface area contributed by atoms with Gasteiger partial charge in [0.1, 0.15) is 30.2 Å². The Morgan fingerprint density at radius 3 is 1.63 bits per heavy atom. The molecule has 43 heavy (non-hydrogen) atoms. The number of hydrogen-bond donors (Lipinski definition) is 5. The standard InChI is InChI=1S/C30H52N6O7/c1-8-17(5)23(29(41)36-15-11-13-21(36)30(42)43)33-25(37)19(7)32-26(38)20-12-10-14-35(20)28(40)24(18(6)9-2)34-27(39)22(31)16(3)4/h16-24H,8-15,31H2,1-7H3,(H,32,38)(H,33,37)(H,34,39)(H,42,43)/t17-,18-,19-,20-,21-,22-,23-,24-/m0/s1. The second kappa shape index (κ2) is 16.0. The van der Waals surface area contributed by atoms with E-state index in [9.17, 15) is 33.9 Å². The van der Waals surface area contributed by atoms with Crippen molar-refractivity contribution in [2.45, 2.75) is 123 Å². The smallest absolute Gasteiger partial charge is 0.326 e. The summed E-state index contributed by atoms with van der Waals surface area (Å²) in [4.78, 5) is 80.7. The number of nitrogens with zero attached hydrogens (tertiary/aromatic N) is 2. The first-order valence-electron chi connectivity index (χ1n) is 15.7. The zero-order valence-electron chi connectivity index (χ0n) is 26.7. The molecule has 2 fully saturated rings. The van der Waals surface area contributed by atoms with Crippen LogP contribution in [0.1, 0.15) is 87.0 Å². The highest BCUT2D eigenvalue weighted by molar-refractivity contribution is 5.96. The van der Waals surface area contributed by atoms with Crippen LogP contribution in [-0.4, -0.2) is 99.8 Å². The third-order valence-corrected chi connectivity index (χ3v) is 8.99. The van der Waals surface area contributed by atoms with Crippen molar-refractivity contribution in [3.63, 3.8) is 0 Å². The summed E-state index contributed by atoms with van der Waals surface area (Å²) in [6.45, 7) is 13.2. The number of carboxylic acids is 1. The highest BCUT2D eigenvalue weighted by atomic mass is 16.4. The quantitative estimate of drug-likeness (QED) is 0.189. The molecule has 13 nitrogen and oxygen atoms in total. The number of amides is 5. The summed E-state index contributed by atoms with van der Waals surface area (Å²) < 4.78 is 0. The van der Waals surface area contributed by atoms with Crippen molar-refractivity contribution < 1.29 is 33.9 Å². The number of aliphatic carboxylic acids is 1. The predicted octanol–water partition coefficient (Wildman–Crippen LogP) is 0.603. The van der Waals surface area contributed by atoms with Crippen LogP contribution in [-0.2, 0) is 28.8 Å². The number of likely N-dealkylation sites (tertiary alicyclic amines) is 2. The van der Waals surface area contributed by atoms with Gasteiger partial charge in [-0.15, -0.1) is 0 Å². The molecule has 2 aliphatic rings. The molecule has 2 heterocycles. The van der Waals surface area contributed by atoms with Gasteiger partial charge < -0.3 is 36.6 Å². The van der Waals surface area contributed by atoms with Crippen molar-refractivity contribution in [1.82, 2.24) is 25.8 Å². The number of carbonyl (C=O) groups excluding carboxylic acids is 5. The summed E-state index contributed by atoms with van der Waals surface area (Å²) >= 11 is 0. The third kappa shape index (κ3) is 8.90. The Kier molecular flexibility index (Phi) is 13.4. The first-order chi connectivity index (χ1) is 20.2. The normalized spacial score (nSPS) is 22.7. The molecular formula is C30H52N6O7. The molecule has 0 saturated carbocycles. The minimum Gasteiger partial charge on any atom is -0.480 e. The van der Waals surface area contributed by atoms with E-state index in [4.69, 9.17) is 5.73 Å². The van der Waals surface area contributed by atoms with E-state index >= 15 is 0 Å². The van der Waals surface area contributed by atoms with Crippen LogP contribution in [0.5, 0.6) is 0 Å². The molecule has 2 rings (SSSR count). The Morgan fingerprint density at radius 2 is 1.19 bits per heavy atom. The fraction of sp³-hybridized carbons (Fsp3) is 0.800. The number of carboxylic acid groups (broad SMARTS) is 1. The van der Waals surface area contributed by atoms with Gasteiger partial charge in [-0.2, -0.15) is 0 Å². The molecule has 2 aliphatic heterocycles. The van der Waals surface area contributed by atoms with Crippen molar-refractivity contribution in [3.8, 4) is 0 Å². The van der Waals surface area contributed by atoms with Crippen LogP contribution < -0.4 is 21.7 Å². The lowest BCUT2D eigenvalue weighted by Crippen LogP contribution is -2.60. The summed E-state index contributed by atoms with van der Waals surface area (Å²) in [5, 5.41) is 17.8. The van der Waals surface area contributed by atoms with Gasteiger partial charge in [0.25, 0.3) is 0 Å². The van der Waals surface area contributed by atoms with Crippen molar-refractivity contribution >= 4 is 35.5 Å². The molecule has 0 spiro atoms. The van der Waals surface area contributed by atoms with E-state index in [0.29, 0.717) is 51.6 Å². The van der Waals surface area contributed by atoms with Gasteiger partial charge in [-0.05, 0) is 50.4 Å². The zero-order chi connectivity index (χ0) is 32.6. The SMILES string of the molecule is CC[C@H](C)[C@H](NC(=O)[C@H](C)NC(=O)[C@@H]1CCCN1C(=O)[C@@H](NC(=O)[C@@H](N)C(C)C)[C@@H](C)CC)C(=O)N1CCC[C@H]1C(=O)O. The van der Waals surface area contributed by atoms with E-state index in [1.807, 2.05) is 34.6 Å². The molecule has 244 valence electrons. The van der Waals surface area contributed by atoms with Crippen LogP contribution in [0.15, 0.2) is 0 Å². The number of hydrogen-bond acceptors (Lipinski definition) is 7. The molecule has 2 saturated heterocycles. The Bertz CT molecular complexity index is 1040. The highest BCUT2D eigenvalue weighted by Gasteiger charge is 2.42. The maximum Gasteiger partial charge on any atom is 0.326 e. The summed E-state index contributed by atoms with van der Waals surface area (Å²) in [5.41, 5.74) is 6.01. The maximum atomic E-state index is 13.7. The Hall–Kier alpha value is -3.22. The van der Waals surface area contributed by atoms with Gasteiger partial charge in [0.15, 0.2) is 0 Å². The summed E-state index contributed by atoms with van der Waals surface area (Å²) in [6.07, 6.45) is 3.10. The van der Waals surface area contributed by atoms with Crippen LogP contribution in [0.3, 0.4) is 0 Å². The Balaban J connectivity index is 2.12. The third-order valence-electron chi connectivity index (χ3n) is 8.99. The highest BCUT2D eigenvalue weighted by Crippen LogP contribution is 2.23. The Morgan fingerprint density at radius 1 is 0.744 bits per heavy atom. The van der Waals surface area contributed by atoms with Crippen LogP contribution in [0.4, 0.5) is 0 Å². The lowest BCUT2D eigenvalue weighted by molar-refractivity contribution is -0.150. The van der Waals surface area contributed by atoms with Crippen LogP contribution in [0.25, 0.3) is 0 Å². The van der Waals surface area contributed by atoms with E-state index in [1.165, 1.54) is 16.7 Å². The van der Waals surface area contributed by atoms with Gasteiger partial charge in [0.05, 0.1) is 6.04 Å². The van der Waals surface area contributed by atoms with E-state index in [-0.39, 0.29) is 23.7 Å². The summed E-state index contributed by atoms with van der Waals surface area (Å²) in [7, 11) is 0. The second-order valence-electron chi connectivity index (χ2n) is 12.5. The lowest BCUT2D eigenvalue weighted by Gasteiger charge is -2.33. The van der Waals surface area contributed by atoms with Gasteiger partial charge in [0.2, 0.25) is 29.5 Å². The first kappa shape index (κ1) is 36.0. The molecule has 0 aromatic rings. The average molecular weight is 609 g/mol. The molecule has 0 aliphatic carbocycles. The van der Waals surface area contributed by atoms with E-state index < -0.39 is 65.8 Å². The van der Waals surface area contributed by atoms with Crippen molar-refractivity contribution in [1.29, 1.82) is 0 Å². The molecule has 6 N–H and O–H groups in total. The van der Waals surface area contributed by atoms with Gasteiger partial charge >= 0.3 is 5.97 Å². The minimum absolute atomic E-state index is 0.116. The second-order valence-corrected chi connectivity index (χ2v) is 12.5. The predicted molar refractivity (Wildman–Crippen MR) is 160 cm³/mol. The average Bonchev–Trinajstić information content (AvgIpc) is 3.67. The molecule has 0 radical (unpaired) electrons. The van der Waals surface area contributed by atoms with Gasteiger partial charge in [-0.1, -0.05) is 54.4 Å². The van der Waals surface area contributed by atoms with Gasteiger partial charge in [0, 0.05) is 13.1 Å². The van der Waals surface area contributed by atoms with Gasteiger partial charge in [-0.25, -0.2) is 4.79 Å². The van der Waals surface area contributed by atoms with E-state index in [2.05, 4.69) is 16.0 Å². The van der Waals surface area contributed by atoms with Crippen molar-refractivity contribution in [2.24, 2.45) is 23.5 Å². The van der Waals surface area contributed by atoms with Crippen LogP contribution in [0.2, 0.25) is 0 Å². The summed E-state index contributed by atoms with van der Waals surface area (Å²) in [5.74, 6) is -3.98. The minimum atomic E-state index is -1.07. The molecule has 0 unspecified atom stereocenters. The molecule has 0 aromatic heterocycles. The van der Waals surface area contributed by atoms with Crippen molar-refractivity contribution in [3.05, 3.63) is 0 Å². The first-order valence-corrected chi connectivity index (χ1v) is 15.7. The molecule has 13 heteroatoms. The molecule has 0 bridgehead atoms. The number of nitrogens with two attached hydrogens (primary N) is 1. The topological polar surface area (TPSA) is 191 Å². The number of carbonyl (C=O) groups is 6. The molecule has 5 amide bonds. The largest absolute Gasteiger partial charge is 0.480 e. The van der Waals surface area contributed by atoms with E-state index in [1.54, 1.807) is 6.92 Å². The van der Waals surface area contributed by atoms with Gasteiger partial charge in [-0.3, -0.25) is 24.0 Å². The summed E-state index contributed by atoms with van der Waals surface area (Å²) in [6, 6.07) is -5.34.